The second-order valence-electron chi connectivity index (χ2n) is 6.53. The quantitative estimate of drug-likeness (QED) is 0.443. The molecule has 0 atom stereocenters. The third-order valence-electron chi connectivity index (χ3n) is 4.33. The second-order valence-corrected chi connectivity index (χ2v) is 7.39. The maximum atomic E-state index is 13.4. The maximum absolute atomic E-state index is 13.4. The van der Waals surface area contributed by atoms with Crippen LogP contribution in [-0.2, 0) is 0 Å². The van der Waals surface area contributed by atoms with E-state index in [2.05, 4.69) is 15.6 Å². The van der Waals surface area contributed by atoms with Crippen molar-refractivity contribution >= 4 is 33.8 Å². The number of nitrogens with one attached hydrogen (secondary N) is 2. The minimum atomic E-state index is -0.992. The molecule has 2 N–H and O–H groups in total. The zero-order valence-electron chi connectivity index (χ0n) is 14.8. The van der Waals surface area contributed by atoms with Crippen LogP contribution in [0.25, 0.3) is 11.3 Å². The van der Waals surface area contributed by atoms with Gasteiger partial charge < -0.3 is 5.32 Å². The molecule has 0 bridgehead atoms. The number of amides is 1. The summed E-state index contributed by atoms with van der Waals surface area (Å²) in [5.41, 5.74) is 1.06. The number of halogens is 2. The highest BCUT2D eigenvalue weighted by molar-refractivity contribution is 7.14. The lowest BCUT2D eigenvalue weighted by atomic mass is 10.1. The fraction of sp³-hybridized carbons (Fsp3) is 0.158. The Hall–Kier alpha value is -3.40. The number of anilines is 2. The molecule has 10 heteroatoms. The van der Waals surface area contributed by atoms with Gasteiger partial charge in [0.2, 0.25) is 0 Å². The summed E-state index contributed by atoms with van der Waals surface area (Å²) in [7, 11) is 0. The van der Waals surface area contributed by atoms with Crippen molar-refractivity contribution in [3.05, 3.63) is 69.1 Å². The molecule has 1 amide bonds. The second kappa shape index (κ2) is 7.55. The first-order chi connectivity index (χ1) is 13.9. The highest BCUT2D eigenvalue weighted by Crippen LogP contribution is 2.32. The molecular formula is C19H14F2N4O3S. The van der Waals surface area contributed by atoms with Gasteiger partial charge in [-0.3, -0.25) is 20.2 Å². The van der Waals surface area contributed by atoms with Crippen molar-refractivity contribution < 1.29 is 18.5 Å². The Balaban J connectivity index is 1.52. The van der Waals surface area contributed by atoms with Gasteiger partial charge in [-0.1, -0.05) is 0 Å². The minimum Gasteiger partial charge on any atom is -0.377 e. The molecule has 1 aliphatic rings. The van der Waals surface area contributed by atoms with Gasteiger partial charge in [0, 0.05) is 28.6 Å². The van der Waals surface area contributed by atoms with E-state index in [0.29, 0.717) is 16.9 Å². The normalized spacial score (nSPS) is 13.2. The first kappa shape index (κ1) is 18.9. The number of hydrogen-bond acceptors (Lipinski definition) is 6. The molecule has 148 valence electrons. The van der Waals surface area contributed by atoms with E-state index in [1.54, 1.807) is 5.38 Å². The van der Waals surface area contributed by atoms with Gasteiger partial charge in [-0.25, -0.2) is 13.8 Å². The Kier molecular flexibility index (Phi) is 4.93. The zero-order valence-corrected chi connectivity index (χ0v) is 15.6. The standard InChI is InChI=1S/C19H14F2N4O3S/c20-13-5-1-10(7-14(13)21)16-9-29-19(23-16)24-18(26)11-2-6-15(22-12-3-4-12)17(8-11)25(27)28/h1-2,5-9,12,22H,3-4H2,(H,23,24,26). The molecule has 1 aliphatic carbocycles. The lowest BCUT2D eigenvalue weighted by Gasteiger charge is -2.07. The van der Waals surface area contributed by atoms with Crippen LogP contribution in [0.5, 0.6) is 0 Å². The molecule has 1 saturated carbocycles. The summed E-state index contributed by atoms with van der Waals surface area (Å²) in [5.74, 6) is -2.51. The van der Waals surface area contributed by atoms with E-state index in [1.807, 2.05) is 0 Å². The van der Waals surface area contributed by atoms with E-state index < -0.39 is 22.5 Å². The van der Waals surface area contributed by atoms with Gasteiger partial charge in [-0.2, -0.15) is 0 Å². The number of nitrogens with zero attached hydrogens (tertiary/aromatic N) is 2. The van der Waals surface area contributed by atoms with Crippen LogP contribution in [-0.4, -0.2) is 21.9 Å². The molecule has 29 heavy (non-hydrogen) atoms. The molecule has 1 aromatic heterocycles. The lowest BCUT2D eigenvalue weighted by Crippen LogP contribution is -2.13. The maximum Gasteiger partial charge on any atom is 0.293 e. The summed E-state index contributed by atoms with van der Waals surface area (Å²) in [5, 5.41) is 18.8. The Bertz CT molecular complexity index is 1110. The predicted octanol–water partition coefficient (Wildman–Crippen LogP) is 4.82. The summed E-state index contributed by atoms with van der Waals surface area (Å²) in [6.45, 7) is 0. The first-order valence-electron chi connectivity index (χ1n) is 8.68. The number of carbonyl (C=O) groups excluding carboxylic acids is 1. The summed E-state index contributed by atoms with van der Waals surface area (Å²) in [4.78, 5) is 27.5. The van der Waals surface area contributed by atoms with Crippen LogP contribution in [0.15, 0.2) is 41.8 Å². The number of benzene rings is 2. The van der Waals surface area contributed by atoms with E-state index >= 15 is 0 Å². The van der Waals surface area contributed by atoms with Crippen LogP contribution in [0.4, 0.5) is 25.3 Å². The van der Waals surface area contributed by atoms with Gasteiger partial charge in [0.15, 0.2) is 16.8 Å². The number of thiazole rings is 1. The average molecular weight is 416 g/mol. The molecule has 0 aliphatic heterocycles. The fourth-order valence-corrected chi connectivity index (χ4v) is 3.40. The summed E-state index contributed by atoms with van der Waals surface area (Å²) in [6, 6.07) is 7.86. The van der Waals surface area contributed by atoms with Crippen molar-refractivity contribution in [2.24, 2.45) is 0 Å². The molecule has 1 fully saturated rings. The van der Waals surface area contributed by atoms with Crippen molar-refractivity contribution in [1.29, 1.82) is 0 Å². The van der Waals surface area contributed by atoms with Crippen molar-refractivity contribution in [2.75, 3.05) is 10.6 Å². The van der Waals surface area contributed by atoms with Gasteiger partial charge in [0.1, 0.15) is 5.69 Å². The highest BCUT2D eigenvalue weighted by Gasteiger charge is 2.25. The summed E-state index contributed by atoms with van der Waals surface area (Å²) in [6.07, 6.45) is 1.92. The van der Waals surface area contributed by atoms with E-state index in [9.17, 15) is 23.7 Å². The Labute approximate surface area is 167 Å². The van der Waals surface area contributed by atoms with Crippen molar-refractivity contribution in [3.8, 4) is 11.3 Å². The van der Waals surface area contributed by atoms with Gasteiger partial charge in [0.05, 0.1) is 10.6 Å². The van der Waals surface area contributed by atoms with Crippen molar-refractivity contribution in [2.45, 2.75) is 18.9 Å². The van der Waals surface area contributed by atoms with Crippen molar-refractivity contribution in [1.82, 2.24) is 4.98 Å². The number of carbonyl (C=O) groups is 1. The van der Waals surface area contributed by atoms with E-state index in [-0.39, 0.29) is 22.4 Å². The van der Waals surface area contributed by atoms with Gasteiger partial charge in [-0.15, -0.1) is 11.3 Å². The van der Waals surface area contributed by atoms with E-state index in [1.165, 1.54) is 24.3 Å². The number of nitro benzene ring substituents is 1. The Morgan fingerprint density at radius 3 is 2.66 bits per heavy atom. The van der Waals surface area contributed by atoms with Crippen molar-refractivity contribution in [3.63, 3.8) is 0 Å². The van der Waals surface area contributed by atoms with Gasteiger partial charge >= 0.3 is 0 Å². The molecule has 0 spiro atoms. The SMILES string of the molecule is O=C(Nc1nc(-c2ccc(F)c(F)c2)cs1)c1ccc(NC2CC2)c([N+](=O)[O-])c1. The molecule has 1 heterocycles. The third-order valence-corrected chi connectivity index (χ3v) is 5.09. The minimum absolute atomic E-state index is 0.114. The van der Waals surface area contributed by atoms with Crippen LogP contribution >= 0.6 is 11.3 Å². The van der Waals surface area contributed by atoms with Crippen LogP contribution in [0.1, 0.15) is 23.2 Å². The molecule has 0 unspecified atom stereocenters. The first-order valence-corrected chi connectivity index (χ1v) is 9.56. The van der Waals surface area contributed by atoms with Crippen LogP contribution in [0, 0.1) is 21.7 Å². The molecular weight excluding hydrogens is 402 g/mol. The molecule has 7 nitrogen and oxygen atoms in total. The van der Waals surface area contributed by atoms with E-state index in [0.717, 1.165) is 36.3 Å². The van der Waals surface area contributed by atoms with Gasteiger partial charge in [-0.05, 0) is 43.2 Å². The number of rotatable bonds is 6. The molecule has 4 rings (SSSR count). The monoisotopic (exact) mass is 416 g/mol. The van der Waals surface area contributed by atoms with Crippen LogP contribution in [0.2, 0.25) is 0 Å². The molecule has 2 aromatic carbocycles. The lowest BCUT2D eigenvalue weighted by molar-refractivity contribution is -0.384. The largest absolute Gasteiger partial charge is 0.377 e. The zero-order chi connectivity index (χ0) is 20.5. The predicted molar refractivity (Wildman–Crippen MR) is 105 cm³/mol. The Morgan fingerprint density at radius 1 is 1.17 bits per heavy atom. The number of aromatic nitrogens is 1. The smallest absolute Gasteiger partial charge is 0.293 e. The molecule has 0 saturated heterocycles. The molecule has 3 aromatic rings. The number of hydrogen-bond donors (Lipinski definition) is 2. The Morgan fingerprint density at radius 2 is 1.97 bits per heavy atom. The fourth-order valence-electron chi connectivity index (χ4n) is 2.68. The van der Waals surface area contributed by atoms with Gasteiger partial charge in [0.25, 0.3) is 11.6 Å². The highest BCUT2D eigenvalue weighted by atomic mass is 32.1. The summed E-state index contributed by atoms with van der Waals surface area (Å²) >= 11 is 1.10. The topological polar surface area (TPSA) is 97.2 Å². The van der Waals surface area contributed by atoms with Crippen LogP contribution in [0.3, 0.4) is 0 Å². The van der Waals surface area contributed by atoms with Crippen LogP contribution < -0.4 is 10.6 Å². The summed E-state index contributed by atoms with van der Waals surface area (Å²) < 4.78 is 26.5. The molecule has 0 radical (unpaired) electrons. The van der Waals surface area contributed by atoms with E-state index in [4.69, 9.17) is 0 Å². The average Bonchev–Trinajstić information content (AvgIpc) is 3.39. The third kappa shape index (κ3) is 4.21. The number of nitro groups is 1.